The van der Waals surface area contributed by atoms with E-state index in [1.807, 2.05) is 24.3 Å². The van der Waals surface area contributed by atoms with Crippen LogP contribution in [0.15, 0.2) is 36.4 Å². The van der Waals surface area contributed by atoms with Crippen molar-refractivity contribution in [2.24, 2.45) is 11.8 Å². The fourth-order valence-electron chi connectivity index (χ4n) is 5.54. The number of methoxy groups -OCH3 is 3. The minimum absolute atomic E-state index is 0.132. The van der Waals surface area contributed by atoms with Gasteiger partial charge in [0.05, 0.1) is 53.4 Å². The van der Waals surface area contributed by atoms with Crippen LogP contribution >= 0.6 is 0 Å². The number of ether oxygens (including phenoxy) is 7. The zero-order valence-corrected chi connectivity index (χ0v) is 21.4. The van der Waals surface area contributed by atoms with Gasteiger partial charge in [0.2, 0.25) is 12.0 Å². The van der Waals surface area contributed by atoms with E-state index in [2.05, 4.69) is 0 Å². The van der Waals surface area contributed by atoms with E-state index in [1.54, 1.807) is 33.5 Å². The molecular weight excluding hydrogens is 500 g/mol. The SMILES string of the molecule is COc1cc([C@@H]2OC[C@@H]3[C@@H]2CO[C@@H]3c2ccc(O[C@H]3O[C@H](CO)[C@@H](O)[C@H](O)[C@H]3O)cc2)cc(OC)c1OC. The Labute approximate surface area is 220 Å². The van der Waals surface area contributed by atoms with Crippen molar-refractivity contribution in [3.63, 3.8) is 0 Å². The van der Waals surface area contributed by atoms with Gasteiger partial charge in [-0.3, -0.25) is 0 Å². The lowest BCUT2D eigenvalue weighted by atomic mass is 9.85. The summed E-state index contributed by atoms with van der Waals surface area (Å²) in [6.45, 7) is 0.532. The van der Waals surface area contributed by atoms with Gasteiger partial charge in [0.1, 0.15) is 30.2 Å². The van der Waals surface area contributed by atoms with Crippen LogP contribution in [0.4, 0.5) is 0 Å². The second-order valence-electron chi connectivity index (χ2n) is 9.68. The number of aliphatic hydroxyl groups is 4. The molecule has 0 spiro atoms. The van der Waals surface area contributed by atoms with Gasteiger partial charge in [0, 0.05) is 11.8 Å². The van der Waals surface area contributed by atoms with Crippen LogP contribution in [0.2, 0.25) is 0 Å². The molecule has 0 bridgehead atoms. The van der Waals surface area contributed by atoms with Crippen LogP contribution in [0.5, 0.6) is 23.0 Å². The van der Waals surface area contributed by atoms with Gasteiger partial charge in [0.15, 0.2) is 11.5 Å². The van der Waals surface area contributed by atoms with Crippen LogP contribution in [0.3, 0.4) is 0 Å². The van der Waals surface area contributed by atoms with Crippen molar-refractivity contribution in [3.8, 4) is 23.0 Å². The molecule has 0 saturated carbocycles. The van der Waals surface area contributed by atoms with Crippen LogP contribution < -0.4 is 18.9 Å². The second kappa shape index (κ2) is 11.2. The molecule has 2 aromatic rings. The van der Waals surface area contributed by atoms with Gasteiger partial charge < -0.3 is 53.6 Å². The van der Waals surface area contributed by atoms with E-state index in [4.69, 9.17) is 33.2 Å². The lowest BCUT2D eigenvalue weighted by molar-refractivity contribution is -0.277. The molecular formula is C27H34O11. The maximum absolute atomic E-state index is 10.2. The summed E-state index contributed by atoms with van der Waals surface area (Å²) in [5.74, 6) is 2.33. The first-order valence-corrected chi connectivity index (χ1v) is 12.5. The van der Waals surface area contributed by atoms with Crippen LogP contribution in [-0.4, -0.2) is 92.3 Å². The lowest BCUT2D eigenvalue weighted by Gasteiger charge is -2.39. The molecule has 208 valence electrons. The second-order valence-corrected chi connectivity index (χ2v) is 9.68. The zero-order chi connectivity index (χ0) is 27.0. The Morgan fingerprint density at radius 1 is 0.763 bits per heavy atom. The van der Waals surface area contributed by atoms with E-state index < -0.39 is 37.3 Å². The normalized spacial score (nSPS) is 34.6. The topological polar surface area (TPSA) is 146 Å². The minimum Gasteiger partial charge on any atom is -0.493 e. The van der Waals surface area contributed by atoms with E-state index in [0.717, 1.165) is 11.1 Å². The molecule has 3 saturated heterocycles. The molecule has 0 unspecified atom stereocenters. The standard InChI is InChI=1S/C27H34O11/c1-32-18-8-14(9-19(33-2)26(18)34-3)25-17-12-35-24(16(17)11-36-25)13-4-6-15(7-5-13)37-27-23(31)22(30)21(29)20(10-28)38-27/h4-9,16-17,20-25,27-31H,10-12H2,1-3H3/t16-,17+,20-,21-,22+,23-,24-,25+,27+/m1/s1. The van der Waals surface area contributed by atoms with E-state index in [0.29, 0.717) is 36.2 Å². The van der Waals surface area contributed by atoms with Gasteiger partial charge in [-0.05, 0) is 35.4 Å². The predicted molar refractivity (Wildman–Crippen MR) is 131 cm³/mol. The van der Waals surface area contributed by atoms with Crippen LogP contribution in [-0.2, 0) is 14.2 Å². The number of aliphatic hydroxyl groups excluding tert-OH is 4. The van der Waals surface area contributed by atoms with E-state index in [9.17, 15) is 20.4 Å². The van der Waals surface area contributed by atoms with Crippen molar-refractivity contribution in [1.29, 1.82) is 0 Å². The highest BCUT2D eigenvalue weighted by molar-refractivity contribution is 5.54. The average molecular weight is 535 g/mol. The molecule has 9 atom stereocenters. The monoisotopic (exact) mass is 534 g/mol. The van der Waals surface area contributed by atoms with Crippen molar-refractivity contribution in [1.82, 2.24) is 0 Å². The molecule has 0 aliphatic carbocycles. The predicted octanol–water partition coefficient (Wildman–Crippen LogP) is 0.966. The molecule has 0 amide bonds. The molecule has 4 N–H and O–H groups in total. The Balaban J connectivity index is 1.28. The maximum atomic E-state index is 10.2. The number of hydrogen-bond acceptors (Lipinski definition) is 11. The van der Waals surface area contributed by atoms with E-state index in [1.165, 1.54) is 0 Å². The third kappa shape index (κ3) is 4.79. The Morgan fingerprint density at radius 2 is 1.34 bits per heavy atom. The number of benzene rings is 2. The summed E-state index contributed by atoms with van der Waals surface area (Å²) < 4.78 is 40.0. The molecule has 2 aromatic carbocycles. The zero-order valence-electron chi connectivity index (χ0n) is 21.4. The van der Waals surface area contributed by atoms with Crippen molar-refractivity contribution >= 4 is 0 Å². The minimum atomic E-state index is -1.50. The molecule has 38 heavy (non-hydrogen) atoms. The molecule has 5 rings (SSSR count). The highest BCUT2D eigenvalue weighted by Crippen LogP contribution is 2.52. The maximum Gasteiger partial charge on any atom is 0.229 e. The highest BCUT2D eigenvalue weighted by atomic mass is 16.7. The molecule has 0 aromatic heterocycles. The third-order valence-corrected chi connectivity index (χ3v) is 7.59. The van der Waals surface area contributed by atoms with Crippen molar-refractivity contribution in [3.05, 3.63) is 47.5 Å². The Hall–Kier alpha value is -2.64. The summed E-state index contributed by atoms with van der Waals surface area (Å²) in [4.78, 5) is 0. The molecule has 11 nitrogen and oxygen atoms in total. The molecule has 3 fully saturated rings. The van der Waals surface area contributed by atoms with E-state index >= 15 is 0 Å². The summed E-state index contributed by atoms with van der Waals surface area (Å²) >= 11 is 0. The molecule has 11 heteroatoms. The summed E-state index contributed by atoms with van der Waals surface area (Å²) in [5.41, 5.74) is 1.88. The quantitative estimate of drug-likeness (QED) is 0.384. The van der Waals surface area contributed by atoms with Gasteiger partial charge in [-0.25, -0.2) is 0 Å². The summed E-state index contributed by atoms with van der Waals surface area (Å²) in [7, 11) is 4.73. The Kier molecular flexibility index (Phi) is 7.96. The average Bonchev–Trinajstić information content (AvgIpc) is 3.55. The van der Waals surface area contributed by atoms with Gasteiger partial charge in [-0.15, -0.1) is 0 Å². The van der Waals surface area contributed by atoms with Crippen molar-refractivity contribution in [2.75, 3.05) is 41.2 Å². The Morgan fingerprint density at radius 3 is 1.87 bits per heavy atom. The summed E-state index contributed by atoms with van der Waals surface area (Å²) in [5, 5.41) is 39.5. The Bertz CT molecular complexity index is 1070. The first kappa shape index (κ1) is 26.9. The van der Waals surface area contributed by atoms with Gasteiger partial charge in [-0.2, -0.15) is 0 Å². The summed E-state index contributed by atoms with van der Waals surface area (Å²) in [6.07, 6.45) is -7.07. The smallest absolute Gasteiger partial charge is 0.229 e. The van der Waals surface area contributed by atoms with Crippen molar-refractivity contribution < 1.29 is 53.6 Å². The van der Waals surface area contributed by atoms with Crippen LogP contribution in [0.1, 0.15) is 23.3 Å². The lowest BCUT2D eigenvalue weighted by Crippen LogP contribution is -2.60. The van der Waals surface area contributed by atoms with Gasteiger partial charge in [0.25, 0.3) is 0 Å². The van der Waals surface area contributed by atoms with Gasteiger partial charge in [-0.1, -0.05) is 12.1 Å². The number of rotatable bonds is 8. The largest absolute Gasteiger partial charge is 0.493 e. The first-order valence-electron chi connectivity index (χ1n) is 12.5. The first-order chi connectivity index (χ1) is 18.4. The molecule has 0 radical (unpaired) electrons. The molecule has 3 aliphatic heterocycles. The third-order valence-electron chi connectivity index (χ3n) is 7.59. The highest BCUT2D eigenvalue weighted by Gasteiger charge is 2.48. The molecule has 3 heterocycles. The number of hydrogen-bond donors (Lipinski definition) is 4. The van der Waals surface area contributed by atoms with E-state index in [-0.39, 0.29) is 24.0 Å². The fraction of sp³-hybridized carbons (Fsp3) is 0.556. The molecule has 3 aliphatic rings. The number of fused-ring (bicyclic) bond motifs is 1. The van der Waals surface area contributed by atoms with Crippen LogP contribution in [0, 0.1) is 11.8 Å². The fourth-order valence-corrected chi connectivity index (χ4v) is 5.54. The van der Waals surface area contributed by atoms with Gasteiger partial charge >= 0.3 is 0 Å². The van der Waals surface area contributed by atoms with Crippen molar-refractivity contribution in [2.45, 2.75) is 42.9 Å². The summed E-state index contributed by atoms with van der Waals surface area (Å²) in [6, 6.07) is 11.0. The van der Waals surface area contributed by atoms with Crippen LogP contribution in [0.25, 0.3) is 0 Å².